The first-order valence-electron chi connectivity index (χ1n) is 10.2. The lowest BCUT2D eigenvalue weighted by Gasteiger charge is -2.46. The Bertz CT molecular complexity index is 1080. The number of hydrogen-bond donors (Lipinski definition) is 0. The maximum atomic E-state index is 13.2. The summed E-state index contributed by atoms with van der Waals surface area (Å²) in [5.41, 5.74) is 2.95. The Morgan fingerprint density at radius 1 is 0.900 bits per heavy atom. The third-order valence-electron chi connectivity index (χ3n) is 5.92. The molecule has 152 valence electrons. The van der Waals surface area contributed by atoms with E-state index >= 15 is 0 Å². The van der Waals surface area contributed by atoms with Crippen molar-refractivity contribution in [2.45, 2.75) is 19.1 Å². The Balaban J connectivity index is 1.33. The molecule has 2 amide bonds. The van der Waals surface area contributed by atoms with Crippen molar-refractivity contribution in [3.8, 4) is 0 Å². The molecule has 2 saturated heterocycles. The number of hydrogen-bond acceptors (Lipinski definition) is 5. The number of carbonyl (C=O) groups excluding carboxylic acids is 2. The molecule has 0 radical (unpaired) electrons. The van der Waals surface area contributed by atoms with Crippen molar-refractivity contribution in [2.75, 3.05) is 26.2 Å². The quantitative estimate of drug-likeness (QED) is 0.665. The predicted molar refractivity (Wildman–Crippen MR) is 112 cm³/mol. The van der Waals surface area contributed by atoms with Gasteiger partial charge in [0, 0.05) is 44.0 Å². The Morgan fingerprint density at radius 3 is 2.63 bits per heavy atom. The second-order valence-electron chi connectivity index (χ2n) is 7.84. The number of fused-ring (bicyclic) bond motifs is 2. The molecular weight excluding hydrogens is 378 g/mol. The molecule has 0 spiro atoms. The zero-order chi connectivity index (χ0) is 20.5. The molecular formula is C23H23N5O2. The SMILES string of the molecule is O=C1C2CN(Cc3ccnc4ccccc34)CCN2C(=O)CN1Cc1ccccn1. The molecule has 5 rings (SSSR count). The first kappa shape index (κ1) is 18.7. The number of benzene rings is 1. The van der Waals surface area contributed by atoms with Crippen molar-refractivity contribution < 1.29 is 9.59 Å². The fraction of sp³-hybridized carbons (Fsp3) is 0.304. The van der Waals surface area contributed by atoms with Gasteiger partial charge in [-0.1, -0.05) is 24.3 Å². The molecule has 2 aromatic heterocycles. The van der Waals surface area contributed by atoms with Gasteiger partial charge in [0.25, 0.3) is 0 Å². The maximum Gasteiger partial charge on any atom is 0.247 e. The van der Waals surface area contributed by atoms with Crippen LogP contribution in [0.4, 0.5) is 0 Å². The molecule has 7 nitrogen and oxygen atoms in total. The largest absolute Gasteiger partial charge is 0.327 e. The number of aromatic nitrogens is 2. The summed E-state index contributed by atoms with van der Waals surface area (Å²) in [6.45, 7) is 3.10. The van der Waals surface area contributed by atoms with Crippen LogP contribution in [0.2, 0.25) is 0 Å². The van der Waals surface area contributed by atoms with Gasteiger partial charge in [0.1, 0.15) is 12.6 Å². The molecule has 2 aliphatic rings. The van der Waals surface area contributed by atoms with Gasteiger partial charge in [-0.2, -0.15) is 0 Å². The third kappa shape index (κ3) is 3.52. The van der Waals surface area contributed by atoms with Crippen LogP contribution in [0.1, 0.15) is 11.3 Å². The summed E-state index contributed by atoms with van der Waals surface area (Å²) in [7, 11) is 0. The van der Waals surface area contributed by atoms with Crippen LogP contribution in [0.25, 0.3) is 10.9 Å². The van der Waals surface area contributed by atoms with Crippen molar-refractivity contribution in [1.82, 2.24) is 24.7 Å². The molecule has 7 heteroatoms. The normalized spacial score (nSPS) is 19.9. The van der Waals surface area contributed by atoms with Crippen LogP contribution in [0, 0.1) is 0 Å². The summed E-state index contributed by atoms with van der Waals surface area (Å²) in [5.74, 6) is 0.0223. The molecule has 0 aliphatic carbocycles. The zero-order valence-electron chi connectivity index (χ0n) is 16.6. The second-order valence-corrected chi connectivity index (χ2v) is 7.84. The highest BCUT2D eigenvalue weighted by molar-refractivity contribution is 5.95. The van der Waals surface area contributed by atoms with E-state index in [2.05, 4.69) is 20.9 Å². The molecule has 1 unspecified atom stereocenters. The van der Waals surface area contributed by atoms with Gasteiger partial charge in [0.15, 0.2) is 0 Å². The Labute approximate surface area is 174 Å². The third-order valence-corrected chi connectivity index (χ3v) is 5.92. The first-order chi connectivity index (χ1) is 14.7. The minimum atomic E-state index is -0.434. The van der Waals surface area contributed by atoms with E-state index in [0.29, 0.717) is 19.6 Å². The number of rotatable bonds is 4. The molecule has 2 aliphatic heterocycles. The van der Waals surface area contributed by atoms with Crippen LogP contribution in [0.3, 0.4) is 0 Å². The van der Waals surface area contributed by atoms with E-state index in [9.17, 15) is 9.59 Å². The zero-order valence-corrected chi connectivity index (χ0v) is 16.6. The van der Waals surface area contributed by atoms with Crippen molar-refractivity contribution in [2.24, 2.45) is 0 Å². The Hall–Kier alpha value is -3.32. The van der Waals surface area contributed by atoms with Crippen LogP contribution < -0.4 is 0 Å². The fourth-order valence-electron chi connectivity index (χ4n) is 4.39. The number of piperazine rings is 2. The number of para-hydroxylation sites is 1. The Morgan fingerprint density at radius 2 is 1.77 bits per heavy atom. The standard InChI is InChI=1S/C23H23N5O2/c29-22-16-27(14-18-5-3-4-9-24-18)23(30)21-15-26(11-12-28(21)22)13-17-8-10-25-20-7-2-1-6-19(17)20/h1-10,21H,11-16H2. The summed E-state index contributed by atoms with van der Waals surface area (Å²) < 4.78 is 0. The predicted octanol–water partition coefficient (Wildman–Crippen LogP) is 1.68. The fourth-order valence-corrected chi connectivity index (χ4v) is 4.39. The van der Waals surface area contributed by atoms with Gasteiger partial charge in [-0.15, -0.1) is 0 Å². The van der Waals surface area contributed by atoms with Gasteiger partial charge in [-0.3, -0.25) is 24.5 Å². The lowest BCUT2D eigenvalue weighted by atomic mass is 10.0. The summed E-state index contributed by atoms with van der Waals surface area (Å²) in [6, 6.07) is 15.3. The highest BCUT2D eigenvalue weighted by Gasteiger charge is 2.42. The van der Waals surface area contributed by atoms with Crippen LogP contribution in [-0.2, 0) is 22.7 Å². The van der Waals surface area contributed by atoms with Crippen LogP contribution >= 0.6 is 0 Å². The van der Waals surface area contributed by atoms with Gasteiger partial charge in [-0.05, 0) is 29.8 Å². The van der Waals surface area contributed by atoms with Crippen molar-refractivity contribution >= 4 is 22.7 Å². The van der Waals surface area contributed by atoms with E-state index < -0.39 is 6.04 Å². The monoisotopic (exact) mass is 401 g/mol. The van der Waals surface area contributed by atoms with E-state index in [-0.39, 0.29) is 18.4 Å². The van der Waals surface area contributed by atoms with Gasteiger partial charge >= 0.3 is 0 Å². The number of amides is 2. The van der Waals surface area contributed by atoms with Gasteiger partial charge in [0.2, 0.25) is 11.8 Å². The average molecular weight is 401 g/mol. The molecule has 0 saturated carbocycles. The van der Waals surface area contributed by atoms with E-state index in [1.54, 1.807) is 16.0 Å². The first-order valence-corrected chi connectivity index (χ1v) is 10.2. The van der Waals surface area contributed by atoms with E-state index in [1.807, 2.05) is 48.7 Å². The number of nitrogens with zero attached hydrogens (tertiary/aromatic N) is 5. The molecule has 4 heterocycles. The van der Waals surface area contributed by atoms with Gasteiger partial charge in [0.05, 0.1) is 17.8 Å². The maximum absolute atomic E-state index is 13.2. The van der Waals surface area contributed by atoms with Crippen molar-refractivity contribution in [3.63, 3.8) is 0 Å². The van der Waals surface area contributed by atoms with Crippen LogP contribution in [-0.4, -0.2) is 68.7 Å². The van der Waals surface area contributed by atoms with Crippen molar-refractivity contribution in [3.05, 3.63) is 72.2 Å². The molecule has 1 atom stereocenters. The molecule has 0 bridgehead atoms. The van der Waals surface area contributed by atoms with E-state index in [1.165, 1.54) is 5.56 Å². The summed E-state index contributed by atoms with van der Waals surface area (Å²) in [4.78, 5) is 40.3. The lowest BCUT2D eigenvalue weighted by molar-refractivity contribution is -0.160. The molecule has 3 aromatic rings. The smallest absolute Gasteiger partial charge is 0.247 e. The minimum absolute atomic E-state index is 0.00420. The van der Waals surface area contributed by atoms with Gasteiger partial charge in [-0.25, -0.2) is 0 Å². The summed E-state index contributed by atoms with van der Waals surface area (Å²) in [6.07, 6.45) is 3.54. The van der Waals surface area contributed by atoms with E-state index in [4.69, 9.17) is 0 Å². The van der Waals surface area contributed by atoms with Gasteiger partial charge < -0.3 is 9.80 Å². The minimum Gasteiger partial charge on any atom is -0.327 e. The second kappa shape index (κ2) is 7.84. The Kier molecular flexibility index (Phi) is 4.88. The topological polar surface area (TPSA) is 69.6 Å². The molecule has 2 fully saturated rings. The summed E-state index contributed by atoms with van der Waals surface area (Å²) >= 11 is 0. The number of pyridine rings is 2. The molecule has 30 heavy (non-hydrogen) atoms. The number of carbonyl (C=O) groups is 2. The van der Waals surface area contributed by atoms with Crippen LogP contribution in [0.15, 0.2) is 60.9 Å². The molecule has 0 N–H and O–H groups in total. The van der Waals surface area contributed by atoms with Crippen molar-refractivity contribution in [1.29, 1.82) is 0 Å². The lowest BCUT2D eigenvalue weighted by Crippen LogP contribution is -2.66. The highest BCUT2D eigenvalue weighted by atomic mass is 16.2. The van der Waals surface area contributed by atoms with Crippen LogP contribution in [0.5, 0.6) is 0 Å². The van der Waals surface area contributed by atoms with E-state index in [0.717, 1.165) is 29.7 Å². The highest BCUT2D eigenvalue weighted by Crippen LogP contribution is 2.23. The molecule has 1 aromatic carbocycles. The summed E-state index contributed by atoms with van der Waals surface area (Å²) in [5, 5.41) is 1.13. The average Bonchev–Trinajstić information content (AvgIpc) is 2.78.